The Labute approximate surface area is 133 Å². The molecule has 6 heteroatoms. The van der Waals surface area contributed by atoms with E-state index in [1.54, 1.807) is 12.1 Å². The van der Waals surface area contributed by atoms with Gasteiger partial charge in [-0.2, -0.15) is 0 Å². The lowest BCUT2D eigenvalue weighted by Crippen LogP contribution is -2.40. The maximum absolute atomic E-state index is 13.1. The molecule has 0 spiro atoms. The highest BCUT2D eigenvalue weighted by Crippen LogP contribution is 2.27. The molecule has 2 aromatic rings. The number of thiophene rings is 1. The van der Waals surface area contributed by atoms with Gasteiger partial charge < -0.3 is 11.1 Å². The molecule has 3 rings (SSSR count). The fourth-order valence-corrected chi connectivity index (χ4v) is 3.59. The quantitative estimate of drug-likeness (QED) is 0.887. The van der Waals surface area contributed by atoms with Crippen LogP contribution in [-0.4, -0.2) is 18.0 Å². The van der Waals surface area contributed by atoms with Crippen molar-refractivity contribution in [3.05, 3.63) is 35.0 Å². The number of rotatable bonds is 2. The van der Waals surface area contributed by atoms with Crippen LogP contribution in [0.5, 0.6) is 0 Å². The SMILES string of the molecule is Cl.NC1CCC(NC(=O)c2cc3cc(F)ccc3s2)CC1. The standard InChI is InChI=1S/C15H17FN2OS.ClH/c16-10-1-6-13-9(7-10)8-14(20-13)15(19)18-12-4-2-11(17)3-5-12;/h1,6-8,11-12H,2-5,17H2,(H,18,19);1H. The third kappa shape index (κ3) is 3.73. The Morgan fingerprint density at radius 2 is 1.95 bits per heavy atom. The van der Waals surface area contributed by atoms with E-state index in [9.17, 15) is 9.18 Å². The van der Waals surface area contributed by atoms with Crippen LogP contribution >= 0.6 is 23.7 Å². The number of nitrogens with one attached hydrogen (secondary N) is 1. The van der Waals surface area contributed by atoms with Crippen LogP contribution in [0.25, 0.3) is 10.1 Å². The molecule has 1 saturated carbocycles. The smallest absolute Gasteiger partial charge is 0.261 e. The first kappa shape index (κ1) is 16.2. The number of benzene rings is 1. The molecule has 3 nitrogen and oxygen atoms in total. The molecule has 0 atom stereocenters. The number of nitrogens with two attached hydrogens (primary N) is 1. The first-order valence-corrected chi connectivity index (χ1v) is 7.69. The maximum atomic E-state index is 13.1. The molecule has 1 fully saturated rings. The predicted molar refractivity (Wildman–Crippen MR) is 86.7 cm³/mol. The molecule has 3 N–H and O–H groups in total. The van der Waals surface area contributed by atoms with Crippen LogP contribution in [0.15, 0.2) is 24.3 Å². The topological polar surface area (TPSA) is 55.1 Å². The van der Waals surface area contributed by atoms with Crippen LogP contribution < -0.4 is 11.1 Å². The van der Waals surface area contributed by atoms with Gasteiger partial charge in [0.1, 0.15) is 5.82 Å². The molecule has 1 heterocycles. The summed E-state index contributed by atoms with van der Waals surface area (Å²) in [6.45, 7) is 0. The van der Waals surface area contributed by atoms with Crippen molar-refractivity contribution in [3.63, 3.8) is 0 Å². The van der Waals surface area contributed by atoms with Crippen molar-refractivity contribution in [2.75, 3.05) is 0 Å². The summed E-state index contributed by atoms with van der Waals surface area (Å²) in [4.78, 5) is 12.9. The van der Waals surface area contributed by atoms with Crippen molar-refractivity contribution in [2.45, 2.75) is 37.8 Å². The number of amides is 1. The highest BCUT2D eigenvalue weighted by atomic mass is 35.5. The third-order valence-electron chi connectivity index (χ3n) is 3.81. The zero-order valence-corrected chi connectivity index (χ0v) is 13.1. The fourth-order valence-electron chi connectivity index (χ4n) is 2.65. The van der Waals surface area contributed by atoms with E-state index in [-0.39, 0.29) is 36.2 Å². The van der Waals surface area contributed by atoms with Crippen molar-refractivity contribution in [3.8, 4) is 0 Å². The lowest BCUT2D eigenvalue weighted by Gasteiger charge is -2.26. The van der Waals surface area contributed by atoms with E-state index >= 15 is 0 Å². The van der Waals surface area contributed by atoms with E-state index in [1.807, 2.05) is 0 Å². The summed E-state index contributed by atoms with van der Waals surface area (Å²) in [5.41, 5.74) is 5.86. The van der Waals surface area contributed by atoms with E-state index in [4.69, 9.17) is 5.73 Å². The second-order valence-electron chi connectivity index (χ2n) is 5.38. The minimum atomic E-state index is -0.275. The van der Waals surface area contributed by atoms with E-state index in [2.05, 4.69) is 5.32 Å². The molecule has 1 aliphatic rings. The monoisotopic (exact) mass is 328 g/mol. The summed E-state index contributed by atoms with van der Waals surface area (Å²) in [6.07, 6.45) is 3.80. The maximum Gasteiger partial charge on any atom is 0.261 e. The first-order valence-electron chi connectivity index (χ1n) is 6.87. The Balaban J connectivity index is 0.00000161. The number of carbonyl (C=O) groups is 1. The zero-order valence-electron chi connectivity index (χ0n) is 11.5. The summed E-state index contributed by atoms with van der Waals surface area (Å²) in [5, 5.41) is 3.84. The lowest BCUT2D eigenvalue weighted by atomic mass is 9.92. The highest BCUT2D eigenvalue weighted by Gasteiger charge is 2.21. The molecule has 0 saturated heterocycles. The normalized spacial score (nSPS) is 21.8. The molecule has 21 heavy (non-hydrogen) atoms. The molecular weight excluding hydrogens is 311 g/mol. The first-order chi connectivity index (χ1) is 9.61. The van der Waals surface area contributed by atoms with Gasteiger partial charge in [-0.1, -0.05) is 0 Å². The van der Waals surface area contributed by atoms with Crippen LogP contribution in [0.4, 0.5) is 4.39 Å². The van der Waals surface area contributed by atoms with Crippen LogP contribution in [-0.2, 0) is 0 Å². The molecule has 0 aliphatic heterocycles. The Hall–Kier alpha value is -1.17. The summed E-state index contributed by atoms with van der Waals surface area (Å²) in [5.74, 6) is -0.337. The molecule has 114 valence electrons. The number of hydrogen-bond donors (Lipinski definition) is 2. The molecule has 0 bridgehead atoms. The number of hydrogen-bond acceptors (Lipinski definition) is 3. The van der Waals surface area contributed by atoms with Gasteiger partial charge in [-0.05, 0) is 55.3 Å². The fraction of sp³-hybridized carbons (Fsp3) is 0.400. The molecule has 1 amide bonds. The largest absolute Gasteiger partial charge is 0.349 e. The summed E-state index contributed by atoms with van der Waals surface area (Å²) >= 11 is 1.40. The van der Waals surface area contributed by atoms with Crippen molar-refractivity contribution < 1.29 is 9.18 Å². The van der Waals surface area contributed by atoms with E-state index < -0.39 is 0 Å². The number of halogens is 2. The van der Waals surface area contributed by atoms with Gasteiger partial charge in [-0.3, -0.25) is 4.79 Å². The van der Waals surface area contributed by atoms with Gasteiger partial charge in [0, 0.05) is 16.8 Å². The van der Waals surface area contributed by atoms with Crippen LogP contribution in [0.3, 0.4) is 0 Å². The van der Waals surface area contributed by atoms with Crippen LogP contribution in [0.1, 0.15) is 35.4 Å². The predicted octanol–water partition coefficient (Wildman–Crippen LogP) is 3.46. The van der Waals surface area contributed by atoms with E-state index in [1.165, 1.54) is 23.5 Å². The van der Waals surface area contributed by atoms with Crippen molar-refractivity contribution in [1.82, 2.24) is 5.32 Å². The summed E-state index contributed by atoms with van der Waals surface area (Å²) < 4.78 is 14.1. The Bertz CT molecular complexity index is 638. The Morgan fingerprint density at radius 1 is 1.24 bits per heavy atom. The average molecular weight is 329 g/mol. The van der Waals surface area contributed by atoms with E-state index in [0.717, 1.165) is 35.8 Å². The van der Waals surface area contributed by atoms with Gasteiger partial charge in [-0.15, -0.1) is 23.7 Å². The van der Waals surface area contributed by atoms with Crippen molar-refractivity contribution in [2.24, 2.45) is 5.73 Å². The highest BCUT2D eigenvalue weighted by molar-refractivity contribution is 7.20. The second-order valence-corrected chi connectivity index (χ2v) is 6.46. The molecule has 1 aromatic heterocycles. The minimum Gasteiger partial charge on any atom is -0.349 e. The number of fused-ring (bicyclic) bond motifs is 1. The van der Waals surface area contributed by atoms with Crippen LogP contribution in [0, 0.1) is 5.82 Å². The summed E-state index contributed by atoms with van der Waals surface area (Å²) in [6, 6.07) is 6.84. The van der Waals surface area contributed by atoms with Crippen molar-refractivity contribution >= 4 is 39.7 Å². The molecule has 1 aliphatic carbocycles. The van der Waals surface area contributed by atoms with Crippen molar-refractivity contribution in [1.29, 1.82) is 0 Å². The molecule has 0 unspecified atom stereocenters. The minimum absolute atomic E-state index is 0. The molecule has 0 radical (unpaired) electrons. The molecular formula is C15H18ClFN2OS. The van der Waals surface area contributed by atoms with Gasteiger partial charge in [0.05, 0.1) is 4.88 Å². The third-order valence-corrected chi connectivity index (χ3v) is 4.92. The zero-order chi connectivity index (χ0) is 14.1. The van der Waals surface area contributed by atoms with Crippen LogP contribution in [0.2, 0.25) is 0 Å². The van der Waals surface area contributed by atoms with Gasteiger partial charge in [0.2, 0.25) is 0 Å². The average Bonchev–Trinajstić information content (AvgIpc) is 2.84. The Morgan fingerprint density at radius 3 is 2.67 bits per heavy atom. The van der Waals surface area contributed by atoms with Gasteiger partial charge >= 0.3 is 0 Å². The van der Waals surface area contributed by atoms with Gasteiger partial charge in [0.15, 0.2) is 0 Å². The van der Waals surface area contributed by atoms with Gasteiger partial charge in [0.25, 0.3) is 5.91 Å². The summed E-state index contributed by atoms with van der Waals surface area (Å²) in [7, 11) is 0. The second kappa shape index (κ2) is 6.73. The Kier molecular flexibility index (Phi) is 5.19. The lowest BCUT2D eigenvalue weighted by molar-refractivity contribution is 0.0930. The van der Waals surface area contributed by atoms with E-state index in [0.29, 0.717) is 4.88 Å². The molecule has 1 aromatic carbocycles. The van der Waals surface area contributed by atoms with Gasteiger partial charge in [-0.25, -0.2) is 4.39 Å². The number of carbonyl (C=O) groups excluding carboxylic acids is 1.